The Balaban J connectivity index is 1.38. The van der Waals surface area contributed by atoms with Crippen LogP contribution in [0.5, 0.6) is 11.5 Å². The molecule has 0 unspecified atom stereocenters. The smallest absolute Gasteiger partial charge is 0.230 e. The van der Waals surface area contributed by atoms with Gasteiger partial charge in [0.2, 0.25) is 5.91 Å². The van der Waals surface area contributed by atoms with Crippen LogP contribution >= 0.6 is 11.8 Å². The van der Waals surface area contributed by atoms with Crippen molar-refractivity contribution < 1.29 is 14.3 Å². The van der Waals surface area contributed by atoms with Gasteiger partial charge >= 0.3 is 0 Å². The Kier molecular flexibility index (Phi) is 5.38. The van der Waals surface area contributed by atoms with Gasteiger partial charge in [0, 0.05) is 30.3 Å². The molecule has 1 amide bonds. The van der Waals surface area contributed by atoms with E-state index >= 15 is 0 Å². The van der Waals surface area contributed by atoms with E-state index in [0.717, 1.165) is 34.7 Å². The number of pyridine rings is 1. The highest BCUT2D eigenvalue weighted by atomic mass is 32.2. The van der Waals surface area contributed by atoms with Gasteiger partial charge in [0.15, 0.2) is 10.8 Å². The van der Waals surface area contributed by atoms with Crippen LogP contribution in [0.25, 0.3) is 5.65 Å². The van der Waals surface area contributed by atoms with Gasteiger partial charge in [-0.15, -0.1) is 10.2 Å². The molecule has 8 heteroatoms. The molecule has 0 aliphatic carbocycles. The van der Waals surface area contributed by atoms with Gasteiger partial charge in [-0.2, -0.15) is 0 Å². The zero-order valence-corrected chi connectivity index (χ0v) is 16.7. The van der Waals surface area contributed by atoms with Crippen molar-refractivity contribution in [2.24, 2.45) is 0 Å². The summed E-state index contributed by atoms with van der Waals surface area (Å²) < 4.78 is 13.5. The molecule has 3 aromatic rings. The van der Waals surface area contributed by atoms with E-state index in [1.54, 1.807) is 0 Å². The summed E-state index contributed by atoms with van der Waals surface area (Å²) in [6.45, 7) is 4.97. The number of carbonyl (C=O) groups excluding carboxylic acids is 1. The lowest BCUT2D eigenvalue weighted by atomic mass is 10.1. The Morgan fingerprint density at radius 1 is 1.39 bits per heavy atom. The third-order valence-corrected chi connectivity index (χ3v) is 5.41. The molecule has 1 N–H and O–H groups in total. The first-order chi connectivity index (χ1) is 13.6. The summed E-state index contributed by atoms with van der Waals surface area (Å²) in [6.07, 6.45) is 2.93. The number of hydrogen-bond acceptors (Lipinski definition) is 6. The molecule has 1 aliphatic heterocycles. The number of benzene rings is 1. The van der Waals surface area contributed by atoms with Crippen LogP contribution in [0.2, 0.25) is 0 Å². The molecule has 3 heterocycles. The van der Waals surface area contributed by atoms with Gasteiger partial charge in [0.1, 0.15) is 17.6 Å². The normalized spacial score (nSPS) is 15.3. The Morgan fingerprint density at radius 2 is 2.29 bits per heavy atom. The van der Waals surface area contributed by atoms with Crippen molar-refractivity contribution in [3.8, 4) is 11.5 Å². The molecule has 1 aromatic carbocycles. The maximum Gasteiger partial charge on any atom is 0.230 e. The van der Waals surface area contributed by atoms with E-state index in [0.29, 0.717) is 18.3 Å². The van der Waals surface area contributed by atoms with E-state index in [1.807, 2.05) is 54.8 Å². The van der Waals surface area contributed by atoms with Crippen LogP contribution in [0, 0.1) is 0 Å². The molecular formula is C20H22N4O3S. The molecule has 1 aliphatic rings. The van der Waals surface area contributed by atoms with Crippen molar-refractivity contribution >= 4 is 23.3 Å². The number of rotatable bonds is 7. The molecule has 0 spiro atoms. The fourth-order valence-corrected chi connectivity index (χ4v) is 3.96. The zero-order valence-electron chi connectivity index (χ0n) is 15.8. The number of nitrogens with one attached hydrogen (secondary N) is 1. The maximum atomic E-state index is 12.3. The van der Waals surface area contributed by atoms with Gasteiger partial charge in [-0.05, 0) is 38.1 Å². The lowest BCUT2D eigenvalue weighted by Gasteiger charge is -2.13. The summed E-state index contributed by atoms with van der Waals surface area (Å²) in [5, 5.41) is 11.9. The summed E-state index contributed by atoms with van der Waals surface area (Å²) in [4.78, 5) is 12.3. The largest absolute Gasteiger partial charge is 0.494 e. The summed E-state index contributed by atoms with van der Waals surface area (Å²) in [6, 6.07) is 9.70. The minimum atomic E-state index is -0.0742. The minimum absolute atomic E-state index is 0.0742. The molecule has 1 atom stereocenters. The summed E-state index contributed by atoms with van der Waals surface area (Å²) >= 11 is 1.36. The second kappa shape index (κ2) is 8.10. The molecule has 0 radical (unpaired) electrons. The number of thioether (sulfide) groups is 1. The molecule has 0 saturated heterocycles. The predicted octanol–water partition coefficient (Wildman–Crippen LogP) is 2.86. The number of carbonyl (C=O) groups is 1. The van der Waals surface area contributed by atoms with Crippen molar-refractivity contribution in [1.29, 1.82) is 0 Å². The van der Waals surface area contributed by atoms with Gasteiger partial charge in [-0.1, -0.05) is 17.8 Å². The highest BCUT2D eigenvalue weighted by Crippen LogP contribution is 2.35. The van der Waals surface area contributed by atoms with Crippen molar-refractivity contribution in [3.63, 3.8) is 0 Å². The molecule has 4 rings (SSSR count). The lowest BCUT2D eigenvalue weighted by Crippen LogP contribution is -2.25. The molecule has 2 aromatic heterocycles. The SMILES string of the molecule is CCOc1cc2c(cc1CNC(=O)CSc1nnc3ccccn13)O[C@@H](C)C2. The molecule has 28 heavy (non-hydrogen) atoms. The standard InChI is InChI=1S/C20H22N4O3S/c1-3-26-16-9-14-8-13(2)27-17(14)10-15(16)11-21-19(25)12-28-20-23-22-18-6-4-5-7-24(18)20/h4-7,9-10,13H,3,8,11-12H2,1-2H3,(H,21,25)/t13-/m0/s1. The Hall–Kier alpha value is -2.74. The maximum absolute atomic E-state index is 12.3. The molecule has 0 bridgehead atoms. The van der Waals surface area contributed by atoms with Crippen molar-refractivity contribution in [2.45, 2.75) is 38.1 Å². The first-order valence-corrected chi connectivity index (χ1v) is 10.3. The number of amides is 1. The minimum Gasteiger partial charge on any atom is -0.494 e. The average Bonchev–Trinajstić information content (AvgIpc) is 3.26. The Bertz CT molecular complexity index is 1000. The highest BCUT2D eigenvalue weighted by molar-refractivity contribution is 7.99. The molecule has 146 valence electrons. The first kappa shape index (κ1) is 18.6. The van der Waals surface area contributed by atoms with Crippen LogP contribution in [0.15, 0.2) is 41.7 Å². The van der Waals surface area contributed by atoms with Gasteiger partial charge in [0.25, 0.3) is 0 Å². The van der Waals surface area contributed by atoms with Gasteiger partial charge in [-0.3, -0.25) is 9.20 Å². The Labute approximate surface area is 167 Å². The third kappa shape index (κ3) is 3.91. The second-order valence-electron chi connectivity index (χ2n) is 6.61. The third-order valence-electron chi connectivity index (χ3n) is 4.47. The van der Waals surface area contributed by atoms with Gasteiger partial charge in [0.05, 0.1) is 12.4 Å². The van der Waals surface area contributed by atoms with Gasteiger partial charge < -0.3 is 14.8 Å². The molecule has 7 nitrogen and oxygen atoms in total. The Morgan fingerprint density at radius 3 is 3.14 bits per heavy atom. The zero-order chi connectivity index (χ0) is 19.5. The van der Waals surface area contributed by atoms with Crippen molar-refractivity contribution in [3.05, 3.63) is 47.7 Å². The number of aromatic nitrogens is 3. The lowest BCUT2D eigenvalue weighted by molar-refractivity contribution is -0.118. The summed E-state index contributed by atoms with van der Waals surface area (Å²) in [5.41, 5.74) is 2.83. The van der Waals surface area contributed by atoms with Crippen LogP contribution in [0.3, 0.4) is 0 Å². The molecule has 0 fully saturated rings. The van der Waals surface area contributed by atoms with E-state index in [1.165, 1.54) is 11.8 Å². The van der Waals surface area contributed by atoms with E-state index < -0.39 is 0 Å². The second-order valence-corrected chi connectivity index (χ2v) is 7.55. The van der Waals surface area contributed by atoms with Crippen molar-refractivity contribution in [2.75, 3.05) is 12.4 Å². The topological polar surface area (TPSA) is 77.8 Å². The van der Waals surface area contributed by atoms with E-state index in [9.17, 15) is 4.79 Å². The van der Waals surface area contributed by atoms with Crippen LogP contribution in [0.1, 0.15) is 25.0 Å². The van der Waals surface area contributed by atoms with Crippen LogP contribution in [-0.4, -0.2) is 39.0 Å². The van der Waals surface area contributed by atoms with Crippen LogP contribution < -0.4 is 14.8 Å². The number of ether oxygens (including phenoxy) is 2. The fraction of sp³-hybridized carbons (Fsp3) is 0.350. The first-order valence-electron chi connectivity index (χ1n) is 9.28. The molecule has 0 saturated carbocycles. The number of fused-ring (bicyclic) bond motifs is 2. The monoisotopic (exact) mass is 398 g/mol. The van der Waals surface area contributed by atoms with E-state index in [-0.39, 0.29) is 17.8 Å². The summed E-state index contributed by atoms with van der Waals surface area (Å²) in [5.74, 6) is 1.87. The number of hydrogen-bond donors (Lipinski definition) is 1. The van der Waals surface area contributed by atoms with Crippen LogP contribution in [0.4, 0.5) is 0 Å². The fourth-order valence-electron chi connectivity index (χ4n) is 3.20. The average molecular weight is 398 g/mol. The van der Waals surface area contributed by atoms with E-state index in [4.69, 9.17) is 9.47 Å². The highest BCUT2D eigenvalue weighted by Gasteiger charge is 2.22. The summed E-state index contributed by atoms with van der Waals surface area (Å²) in [7, 11) is 0. The van der Waals surface area contributed by atoms with Crippen LogP contribution in [-0.2, 0) is 17.8 Å². The number of nitrogens with zero attached hydrogens (tertiary/aromatic N) is 3. The molecular weight excluding hydrogens is 376 g/mol. The van der Waals surface area contributed by atoms with Gasteiger partial charge in [-0.25, -0.2) is 0 Å². The van der Waals surface area contributed by atoms with E-state index in [2.05, 4.69) is 15.5 Å². The quantitative estimate of drug-likeness (QED) is 0.617. The van der Waals surface area contributed by atoms with Crippen molar-refractivity contribution in [1.82, 2.24) is 19.9 Å². The predicted molar refractivity (Wildman–Crippen MR) is 107 cm³/mol.